The van der Waals surface area contributed by atoms with Crippen LogP contribution in [0.1, 0.15) is 12.8 Å². The fraction of sp³-hybridized carbons (Fsp3) is 0.385. The minimum Gasteiger partial charge on any atom is -0.480 e. The minimum atomic E-state index is -1.07. The number of halogens is 1. The molecule has 5 nitrogen and oxygen atoms in total. The number of carboxylic acid groups (broad SMARTS) is 1. The van der Waals surface area contributed by atoms with E-state index in [0.717, 1.165) is 0 Å². The average Bonchev–Trinajstić information content (AvgIpc) is 3.16. The summed E-state index contributed by atoms with van der Waals surface area (Å²) in [6, 6.07) is 6.60. The molecule has 0 saturated heterocycles. The van der Waals surface area contributed by atoms with E-state index in [0.29, 0.717) is 23.6 Å². The van der Waals surface area contributed by atoms with Crippen LogP contribution in [0.3, 0.4) is 0 Å². The van der Waals surface area contributed by atoms with Gasteiger partial charge in [-0.25, -0.2) is 0 Å². The monoisotopic (exact) mass is 282 g/mol. The van der Waals surface area contributed by atoms with Crippen LogP contribution in [0.5, 0.6) is 0 Å². The molecule has 0 atom stereocenters. The highest BCUT2D eigenvalue weighted by Gasteiger charge is 2.51. The molecule has 1 aromatic carbocycles. The molecular formula is C13H15ClN2O3. The number of nitrogens with zero attached hydrogens (tertiary/aromatic N) is 1. The maximum atomic E-state index is 12.4. The molecule has 6 heteroatoms. The third kappa shape index (κ3) is 2.88. The molecule has 0 unspecified atom stereocenters. The van der Waals surface area contributed by atoms with Crippen molar-refractivity contribution < 1.29 is 14.7 Å². The van der Waals surface area contributed by atoms with Crippen molar-refractivity contribution >= 4 is 29.2 Å². The van der Waals surface area contributed by atoms with Crippen molar-refractivity contribution in [2.24, 2.45) is 11.1 Å². The summed E-state index contributed by atoms with van der Waals surface area (Å²) >= 11 is 5.88. The van der Waals surface area contributed by atoms with Crippen LogP contribution in [0, 0.1) is 5.41 Å². The van der Waals surface area contributed by atoms with E-state index in [2.05, 4.69) is 0 Å². The van der Waals surface area contributed by atoms with Gasteiger partial charge in [-0.1, -0.05) is 17.7 Å². The Balaban J connectivity index is 2.31. The van der Waals surface area contributed by atoms with Gasteiger partial charge >= 0.3 is 5.97 Å². The van der Waals surface area contributed by atoms with Crippen LogP contribution in [0.25, 0.3) is 0 Å². The molecule has 0 heterocycles. The largest absolute Gasteiger partial charge is 0.480 e. The fourth-order valence-corrected chi connectivity index (χ4v) is 2.19. The number of nitrogens with two attached hydrogens (primary N) is 1. The second kappa shape index (κ2) is 5.19. The van der Waals surface area contributed by atoms with Crippen LogP contribution in [-0.2, 0) is 9.59 Å². The highest BCUT2D eigenvalue weighted by molar-refractivity contribution is 6.31. The summed E-state index contributed by atoms with van der Waals surface area (Å²) in [5, 5.41) is 9.42. The van der Waals surface area contributed by atoms with Crippen molar-refractivity contribution in [3.05, 3.63) is 29.3 Å². The van der Waals surface area contributed by atoms with Crippen molar-refractivity contribution in [3.8, 4) is 0 Å². The molecule has 0 radical (unpaired) electrons. The van der Waals surface area contributed by atoms with Crippen molar-refractivity contribution in [1.29, 1.82) is 0 Å². The number of hydrogen-bond donors (Lipinski definition) is 2. The lowest BCUT2D eigenvalue weighted by atomic mass is 10.1. The number of carbonyl (C=O) groups is 2. The topological polar surface area (TPSA) is 83.6 Å². The molecule has 2 rings (SSSR count). The molecule has 102 valence electrons. The van der Waals surface area contributed by atoms with Crippen LogP contribution in [0.4, 0.5) is 5.69 Å². The second-order valence-corrected chi connectivity index (χ2v) is 5.19. The SMILES string of the molecule is NCC1(C(=O)N(CC(=O)O)c2cccc(Cl)c2)CC1. The fourth-order valence-electron chi connectivity index (χ4n) is 2.00. The molecule has 1 aromatic rings. The number of carbonyl (C=O) groups excluding carboxylic acids is 1. The second-order valence-electron chi connectivity index (χ2n) is 4.75. The number of benzene rings is 1. The Morgan fingerprint density at radius 1 is 1.42 bits per heavy atom. The molecule has 0 aliphatic heterocycles. The molecule has 0 spiro atoms. The Morgan fingerprint density at radius 2 is 2.11 bits per heavy atom. The Morgan fingerprint density at radius 3 is 2.58 bits per heavy atom. The molecular weight excluding hydrogens is 268 g/mol. The van der Waals surface area contributed by atoms with E-state index in [1.165, 1.54) is 4.90 Å². The van der Waals surface area contributed by atoms with E-state index in [-0.39, 0.29) is 19.0 Å². The number of anilines is 1. The molecule has 1 saturated carbocycles. The average molecular weight is 283 g/mol. The van der Waals surface area contributed by atoms with Gasteiger partial charge in [0.15, 0.2) is 0 Å². The molecule has 0 bridgehead atoms. The lowest BCUT2D eigenvalue weighted by Gasteiger charge is -2.25. The van der Waals surface area contributed by atoms with Crippen LogP contribution < -0.4 is 10.6 Å². The number of rotatable bonds is 5. The highest BCUT2D eigenvalue weighted by atomic mass is 35.5. The predicted octanol–water partition coefficient (Wildman–Crippen LogP) is 1.50. The van der Waals surface area contributed by atoms with Crippen LogP contribution in [-0.4, -0.2) is 30.1 Å². The summed E-state index contributed by atoms with van der Waals surface area (Å²) in [6.45, 7) is -0.149. The lowest BCUT2D eigenvalue weighted by Crippen LogP contribution is -2.43. The zero-order valence-electron chi connectivity index (χ0n) is 10.3. The Bertz CT molecular complexity index is 514. The molecule has 3 N–H and O–H groups in total. The maximum absolute atomic E-state index is 12.4. The Labute approximate surface area is 116 Å². The number of hydrogen-bond acceptors (Lipinski definition) is 3. The van der Waals surface area contributed by atoms with Crippen molar-refractivity contribution in [2.75, 3.05) is 18.0 Å². The summed E-state index contributed by atoms with van der Waals surface area (Å²) in [7, 11) is 0. The van der Waals surface area contributed by atoms with Gasteiger partial charge in [0.2, 0.25) is 5.91 Å². The first kappa shape index (κ1) is 13.8. The highest BCUT2D eigenvalue weighted by Crippen LogP contribution is 2.46. The van der Waals surface area contributed by atoms with Crippen LogP contribution in [0.2, 0.25) is 5.02 Å². The van der Waals surface area contributed by atoms with E-state index in [1.807, 2.05) is 0 Å². The quantitative estimate of drug-likeness (QED) is 0.857. The molecule has 1 fully saturated rings. The van der Waals surface area contributed by atoms with Gasteiger partial charge in [-0.05, 0) is 31.0 Å². The van der Waals surface area contributed by atoms with Gasteiger partial charge < -0.3 is 15.7 Å². The van der Waals surface area contributed by atoms with Gasteiger partial charge in [-0.2, -0.15) is 0 Å². The van der Waals surface area contributed by atoms with E-state index in [1.54, 1.807) is 24.3 Å². The van der Waals surface area contributed by atoms with Gasteiger partial charge in [-0.15, -0.1) is 0 Å². The van der Waals surface area contributed by atoms with Crippen molar-refractivity contribution in [3.63, 3.8) is 0 Å². The standard InChI is InChI=1S/C13H15ClN2O3/c14-9-2-1-3-10(6-9)16(7-11(17)18)12(19)13(8-15)4-5-13/h1-3,6H,4-5,7-8,15H2,(H,17,18). The molecule has 1 aliphatic carbocycles. The minimum absolute atomic E-state index is 0.236. The maximum Gasteiger partial charge on any atom is 0.323 e. The van der Waals surface area contributed by atoms with Crippen LogP contribution >= 0.6 is 11.6 Å². The smallest absolute Gasteiger partial charge is 0.323 e. The molecule has 0 aromatic heterocycles. The lowest BCUT2D eigenvalue weighted by molar-refractivity contribution is -0.137. The first-order valence-corrected chi connectivity index (χ1v) is 6.36. The molecule has 19 heavy (non-hydrogen) atoms. The van der Waals surface area contributed by atoms with Gasteiger partial charge in [0.05, 0.1) is 5.41 Å². The molecule has 1 aliphatic rings. The summed E-state index contributed by atoms with van der Waals surface area (Å²) in [5.74, 6) is -1.30. The van der Waals surface area contributed by atoms with Crippen molar-refractivity contribution in [2.45, 2.75) is 12.8 Å². The van der Waals surface area contributed by atoms with Gasteiger partial charge in [0.1, 0.15) is 6.54 Å². The summed E-state index contributed by atoms with van der Waals surface area (Å²) in [4.78, 5) is 24.6. The van der Waals surface area contributed by atoms with E-state index < -0.39 is 11.4 Å². The summed E-state index contributed by atoms with van der Waals surface area (Å²) in [5.41, 5.74) is 5.53. The van der Waals surface area contributed by atoms with E-state index in [4.69, 9.17) is 22.4 Å². The first-order chi connectivity index (χ1) is 8.98. The Hall–Kier alpha value is -1.59. The van der Waals surface area contributed by atoms with E-state index >= 15 is 0 Å². The first-order valence-electron chi connectivity index (χ1n) is 5.98. The summed E-state index contributed by atoms with van der Waals surface area (Å²) < 4.78 is 0. The zero-order chi connectivity index (χ0) is 14.0. The zero-order valence-corrected chi connectivity index (χ0v) is 11.1. The van der Waals surface area contributed by atoms with E-state index in [9.17, 15) is 9.59 Å². The molecule has 1 amide bonds. The normalized spacial score (nSPS) is 15.9. The summed E-state index contributed by atoms with van der Waals surface area (Å²) in [6.07, 6.45) is 1.41. The third-order valence-corrected chi connectivity index (χ3v) is 3.59. The number of aliphatic carboxylic acids is 1. The van der Waals surface area contributed by atoms with Gasteiger partial charge in [0, 0.05) is 17.3 Å². The van der Waals surface area contributed by atoms with Crippen LogP contribution in [0.15, 0.2) is 24.3 Å². The van der Waals surface area contributed by atoms with Crippen molar-refractivity contribution in [1.82, 2.24) is 0 Å². The third-order valence-electron chi connectivity index (χ3n) is 3.36. The Kier molecular flexibility index (Phi) is 3.78. The van der Waals surface area contributed by atoms with Gasteiger partial charge in [0.25, 0.3) is 0 Å². The number of carboxylic acids is 1. The number of amides is 1. The van der Waals surface area contributed by atoms with Gasteiger partial charge in [-0.3, -0.25) is 9.59 Å². The predicted molar refractivity (Wildman–Crippen MR) is 72.2 cm³/mol.